The van der Waals surface area contributed by atoms with Gasteiger partial charge in [0, 0.05) is 6.04 Å². The van der Waals surface area contributed by atoms with E-state index < -0.39 is 6.23 Å². The van der Waals surface area contributed by atoms with E-state index in [1.54, 1.807) is 0 Å². The van der Waals surface area contributed by atoms with Crippen molar-refractivity contribution in [2.75, 3.05) is 6.61 Å². The Morgan fingerprint density at radius 3 is 2.77 bits per heavy atom. The van der Waals surface area contributed by atoms with Crippen LogP contribution in [0.4, 0.5) is 0 Å². The minimum atomic E-state index is -0.391. The Morgan fingerprint density at radius 1 is 1.46 bits per heavy atom. The highest BCUT2D eigenvalue weighted by Crippen LogP contribution is 2.18. The summed E-state index contributed by atoms with van der Waals surface area (Å²) in [5.74, 6) is 4.88. The van der Waals surface area contributed by atoms with Gasteiger partial charge in [0.15, 0.2) is 0 Å². The maximum Gasteiger partial charge on any atom is 0.105 e. The molecule has 0 aromatic rings. The van der Waals surface area contributed by atoms with Crippen LogP contribution in [0.2, 0.25) is 0 Å². The number of nitrogens with two attached hydrogens (primary N) is 1. The Morgan fingerprint density at radius 2 is 2.15 bits per heavy atom. The lowest BCUT2D eigenvalue weighted by Gasteiger charge is -2.17. The van der Waals surface area contributed by atoms with Gasteiger partial charge >= 0.3 is 0 Å². The van der Waals surface area contributed by atoms with Crippen molar-refractivity contribution < 1.29 is 9.94 Å². The predicted octanol–water partition coefficient (Wildman–Crippen LogP) is 0.507. The SMILES string of the molecule is NOCCCC(O)NC1CCCC1. The summed E-state index contributed by atoms with van der Waals surface area (Å²) in [5, 5.41) is 12.7. The normalized spacial score (nSPS) is 20.8. The van der Waals surface area contributed by atoms with Crippen LogP contribution in [0.3, 0.4) is 0 Å². The first-order chi connectivity index (χ1) is 6.33. The highest BCUT2D eigenvalue weighted by atomic mass is 16.6. The maximum absolute atomic E-state index is 9.53. The minimum Gasteiger partial charge on any atom is -0.379 e. The third-order valence-corrected chi connectivity index (χ3v) is 2.52. The van der Waals surface area contributed by atoms with Gasteiger partial charge < -0.3 is 9.94 Å². The van der Waals surface area contributed by atoms with Crippen molar-refractivity contribution in [3.05, 3.63) is 0 Å². The quantitative estimate of drug-likeness (QED) is 0.323. The molecular formula is C9H20N2O2. The zero-order valence-electron chi connectivity index (χ0n) is 8.04. The maximum atomic E-state index is 9.53. The summed E-state index contributed by atoms with van der Waals surface area (Å²) >= 11 is 0. The number of nitrogens with one attached hydrogen (secondary N) is 1. The van der Waals surface area contributed by atoms with E-state index in [1.807, 2.05) is 0 Å². The Hall–Kier alpha value is -0.160. The lowest BCUT2D eigenvalue weighted by Crippen LogP contribution is -2.36. The number of aliphatic hydroxyl groups excluding tert-OH is 1. The molecule has 0 amide bonds. The number of rotatable bonds is 6. The molecular weight excluding hydrogens is 168 g/mol. The van der Waals surface area contributed by atoms with Gasteiger partial charge in [0.2, 0.25) is 0 Å². The van der Waals surface area contributed by atoms with E-state index in [1.165, 1.54) is 25.7 Å². The molecule has 0 saturated heterocycles. The Labute approximate surface area is 79.4 Å². The molecule has 0 aromatic carbocycles. The predicted molar refractivity (Wildman–Crippen MR) is 50.8 cm³/mol. The van der Waals surface area contributed by atoms with Gasteiger partial charge in [-0.15, -0.1) is 0 Å². The van der Waals surface area contributed by atoms with Crippen LogP contribution >= 0.6 is 0 Å². The summed E-state index contributed by atoms with van der Waals surface area (Å²) in [6.07, 6.45) is 6.10. The Kier molecular flexibility index (Phi) is 5.31. The Bertz CT molecular complexity index is 127. The molecule has 0 heterocycles. The third kappa shape index (κ3) is 4.57. The zero-order chi connectivity index (χ0) is 9.52. The first-order valence-electron chi connectivity index (χ1n) is 5.08. The van der Waals surface area contributed by atoms with Crippen LogP contribution in [0.25, 0.3) is 0 Å². The van der Waals surface area contributed by atoms with Crippen molar-refractivity contribution in [2.45, 2.75) is 50.8 Å². The number of hydrogen-bond acceptors (Lipinski definition) is 4. The molecule has 1 atom stereocenters. The monoisotopic (exact) mass is 188 g/mol. The summed E-state index contributed by atoms with van der Waals surface area (Å²) in [6.45, 7) is 0.517. The van der Waals surface area contributed by atoms with Crippen molar-refractivity contribution in [2.24, 2.45) is 5.90 Å². The lowest BCUT2D eigenvalue weighted by atomic mass is 10.2. The number of aliphatic hydroxyl groups is 1. The molecule has 1 fully saturated rings. The zero-order valence-corrected chi connectivity index (χ0v) is 8.04. The van der Waals surface area contributed by atoms with Crippen LogP contribution in [0, 0.1) is 0 Å². The van der Waals surface area contributed by atoms with Crippen molar-refractivity contribution in [1.29, 1.82) is 0 Å². The lowest BCUT2D eigenvalue weighted by molar-refractivity contribution is 0.0849. The fourth-order valence-electron chi connectivity index (χ4n) is 1.81. The topological polar surface area (TPSA) is 67.5 Å². The second kappa shape index (κ2) is 6.32. The summed E-state index contributed by atoms with van der Waals surface area (Å²) < 4.78 is 0. The van der Waals surface area contributed by atoms with E-state index >= 15 is 0 Å². The van der Waals surface area contributed by atoms with Crippen LogP contribution in [0.15, 0.2) is 0 Å². The van der Waals surface area contributed by atoms with Crippen molar-refractivity contribution in [3.63, 3.8) is 0 Å². The molecule has 1 aliphatic rings. The summed E-state index contributed by atoms with van der Waals surface area (Å²) in [5.41, 5.74) is 0. The molecule has 1 rings (SSSR count). The molecule has 0 spiro atoms. The molecule has 78 valence electrons. The molecule has 0 aliphatic heterocycles. The second-order valence-electron chi connectivity index (χ2n) is 3.68. The van der Waals surface area contributed by atoms with Crippen molar-refractivity contribution in [3.8, 4) is 0 Å². The van der Waals surface area contributed by atoms with E-state index in [4.69, 9.17) is 5.90 Å². The molecule has 0 radical (unpaired) electrons. The average Bonchev–Trinajstić information content (AvgIpc) is 2.57. The van der Waals surface area contributed by atoms with Crippen molar-refractivity contribution in [1.82, 2.24) is 5.32 Å². The van der Waals surface area contributed by atoms with E-state index in [2.05, 4.69) is 10.2 Å². The fourth-order valence-corrected chi connectivity index (χ4v) is 1.81. The molecule has 4 heteroatoms. The molecule has 13 heavy (non-hydrogen) atoms. The molecule has 4 N–H and O–H groups in total. The van der Waals surface area contributed by atoms with Gasteiger partial charge in [-0.2, -0.15) is 0 Å². The molecule has 1 unspecified atom stereocenters. The molecule has 1 saturated carbocycles. The highest BCUT2D eigenvalue weighted by Gasteiger charge is 2.16. The van der Waals surface area contributed by atoms with E-state index in [-0.39, 0.29) is 0 Å². The average molecular weight is 188 g/mol. The van der Waals surface area contributed by atoms with Gasteiger partial charge in [-0.25, -0.2) is 5.90 Å². The van der Waals surface area contributed by atoms with Crippen LogP contribution in [0.5, 0.6) is 0 Å². The summed E-state index contributed by atoms with van der Waals surface area (Å²) in [6, 6.07) is 0.522. The third-order valence-electron chi connectivity index (χ3n) is 2.52. The smallest absolute Gasteiger partial charge is 0.105 e. The highest BCUT2D eigenvalue weighted by molar-refractivity contribution is 4.74. The largest absolute Gasteiger partial charge is 0.379 e. The van der Waals surface area contributed by atoms with Gasteiger partial charge in [0.25, 0.3) is 0 Å². The minimum absolute atomic E-state index is 0.391. The molecule has 4 nitrogen and oxygen atoms in total. The number of hydrogen-bond donors (Lipinski definition) is 3. The van der Waals surface area contributed by atoms with Gasteiger partial charge in [0.05, 0.1) is 6.61 Å². The summed E-state index contributed by atoms with van der Waals surface area (Å²) in [7, 11) is 0. The van der Waals surface area contributed by atoms with Gasteiger partial charge in [0.1, 0.15) is 6.23 Å². The van der Waals surface area contributed by atoms with E-state index in [0.29, 0.717) is 19.1 Å². The standard InChI is InChI=1S/C9H20N2O2/c10-13-7-3-6-9(12)11-8-4-1-2-5-8/h8-9,11-12H,1-7,10H2. The van der Waals surface area contributed by atoms with Gasteiger partial charge in [-0.3, -0.25) is 5.32 Å². The van der Waals surface area contributed by atoms with Gasteiger partial charge in [-0.1, -0.05) is 12.8 Å². The van der Waals surface area contributed by atoms with Crippen molar-refractivity contribution >= 4 is 0 Å². The molecule has 0 aromatic heterocycles. The molecule has 1 aliphatic carbocycles. The van der Waals surface area contributed by atoms with E-state index in [9.17, 15) is 5.11 Å². The first-order valence-corrected chi connectivity index (χ1v) is 5.08. The Balaban J connectivity index is 1.99. The van der Waals surface area contributed by atoms with Crippen LogP contribution in [-0.4, -0.2) is 24.0 Å². The van der Waals surface area contributed by atoms with Crippen LogP contribution in [-0.2, 0) is 4.84 Å². The fraction of sp³-hybridized carbons (Fsp3) is 1.00. The van der Waals surface area contributed by atoms with E-state index in [0.717, 1.165) is 6.42 Å². The first kappa shape index (κ1) is 10.9. The van der Waals surface area contributed by atoms with Gasteiger partial charge in [-0.05, 0) is 25.7 Å². The molecule has 0 bridgehead atoms. The van der Waals surface area contributed by atoms with Crippen LogP contribution in [0.1, 0.15) is 38.5 Å². The summed E-state index contributed by atoms with van der Waals surface area (Å²) in [4.78, 5) is 4.42. The second-order valence-corrected chi connectivity index (χ2v) is 3.68. The van der Waals surface area contributed by atoms with Crippen LogP contribution < -0.4 is 11.2 Å².